The van der Waals surface area contributed by atoms with Crippen molar-refractivity contribution in [1.29, 1.82) is 0 Å². The molecule has 0 aliphatic rings. The Hall–Kier alpha value is -3.15. The van der Waals surface area contributed by atoms with Crippen molar-refractivity contribution in [2.45, 2.75) is 27.2 Å². The molecular weight excluding hydrogens is 344 g/mol. The largest absolute Gasteiger partial charge is 0.465 e. The minimum Gasteiger partial charge on any atom is -0.465 e. The van der Waals surface area contributed by atoms with Gasteiger partial charge in [0, 0.05) is 11.4 Å². The highest BCUT2D eigenvalue weighted by Crippen LogP contribution is 2.24. The van der Waals surface area contributed by atoms with Gasteiger partial charge in [0.15, 0.2) is 0 Å². The molecule has 0 radical (unpaired) electrons. The molecule has 0 spiro atoms. The highest BCUT2D eigenvalue weighted by molar-refractivity contribution is 6.14. The zero-order valence-corrected chi connectivity index (χ0v) is 16.0. The number of carbonyl (C=O) groups is 3. The molecule has 6 nitrogen and oxygen atoms in total. The van der Waals surface area contributed by atoms with Crippen LogP contribution < -0.4 is 10.6 Å². The number of aryl methyl sites for hydroxylation is 1. The number of hydrogen-bond acceptors (Lipinski definition) is 4. The van der Waals surface area contributed by atoms with Crippen LogP contribution in [0.5, 0.6) is 0 Å². The summed E-state index contributed by atoms with van der Waals surface area (Å²) in [6, 6.07) is 13.8. The van der Waals surface area contributed by atoms with Gasteiger partial charge in [-0.05, 0) is 50.1 Å². The molecule has 0 unspecified atom stereocenters. The van der Waals surface area contributed by atoms with Crippen LogP contribution in [0.4, 0.5) is 11.4 Å². The Balaban J connectivity index is 2.14. The molecule has 0 saturated heterocycles. The van der Waals surface area contributed by atoms with Crippen LogP contribution in [0.25, 0.3) is 0 Å². The number of amides is 2. The first-order valence-electron chi connectivity index (χ1n) is 8.68. The number of carbonyl (C=O) groups excluding carboxylic acids is 3. The second kappa shape index (κ2) is 8.49. The zero-order valence-electron chi connectivity index (χ0n) is 16.0. The van der Waals surface area contributed by atoms with Crippen LogP contribution in [0.1, 0.15) is 36.7 Å². The summed E-state index contributed by atoms with van der Waals surface area (Å²) in [5.74, 6) is -1.39. The summed E-state index contributed by atoms with van der Waals surface area (Å²) in [5.41, 5.74) is 1.10. The van der Waals surface area contributed by atoms with Gasteiger partial charge in [0.05, 0.1) is 12.7 Å². The Morgan fingerprint density at radius 2 is 1.63 bits per heavy atom. The molecule has 0 bridgehead atoms. The average Bonchev–Trinajstić information content (AvgIpc) is 2.67. The van der Waals surface area contributed by atoms with Gasteiger partial charge in [0.25, 0.3) is 0 Å². The second-order valence-electron chi connectivity index (χ2n) is 6.62. The second-order valence-corrected chi connectivity index (χ2v) is 6.62. The van der Waals surface area contributed by atoms with Gasteiger partial charge in [-0.15, -0.1) is 0 Å². The minimum atomic E-state index is -1.32. The van der Waals surface area contributed by atoms with Gasteiger partial charge in [-0.25, -0.2) is 4.79 Å². The number of rotatable bonds is 6. The predicted molar refractivity (Wildman–Crippen MR) is 105 cm³/mol. The number of methoxy groups -OCH3 is 1. The molecule has 0 heterocycles. The Bertz CT molecular complexity index is 859. The molecule has 0 saturated carbocycles. The van der Waals surface area contributed by atoms with E-state index in [4.69, 9.17) is 0 Å². The number of hydrogen-bond donors (Lipinski definition) is 2. The molecule has 6 heteroatoms. The fraction of sp³-hybridized carbons (Fsp3) is 0.286. The van der Waals surface area contributed by atoms with Gasteiger partial charge in [-0.2, -0.15) is 0 Å². The number of ether oxygens (including phenoxy) is 1. The van der Waals surface area contributed by atoms with Gasteiger partial charge >= 0.3 is 5.97 Å². The van der Waals surface area contributed by atoms with Crippen molar-refractivity contribution in [3.63, 3.8) is 0 Å². The van der Waals surface area contributed by atoms with Crippen molar-refractivity contribution in [2.75, 3.05) is 17.7 Å². The minimum absolute atomic E-state index is 0.314. The summed E-state index contributed by atoms with van der Waals surface area (Å²) in [6.07, 6.45) is 0.767. The normalized spacial score (nSPS) is 10.8. The molecule has 0 fully saturated rings. The van der Waals surface area contributed by atoms with E-state index in [1.165, 1.54) is 13.2 Å². The topological polar surface area (TPSA) is 84.5 Å². The van der Waals surface area contributed by atoms with Gasteiger partial charge in [-0.3, -0.25) is 9.59 Å². The smallest absolute Gasteiger partial charge is 0.337 e. The highest BCUT2D eigenvalue weighted by Gasteiger charge is 2.36. The van der Waals surface area contributed by atoms with Crippen molar-refractivity contribution in [2.24, 2.45) is 5.41 Å². The summed E-state index contributed by atoms with van der Waals surface area (Å²) in [4.78, 5) is 37.0. The Labute approximate surface area is 158 Å². The molecule has 2 rings (SSSR count). The predicted octanol–water partition coefficient (Wildman–Crippen LogP) is 3.64. The first kappa shape index (κ1) is 20.2. The van der Waals surface area contributed by atoms with Crippen molar-refractivity contribution in [3.8, 4) is 0 Å². The lowest BCUT2D eigenvalue weighted by molar-refractivity contribution is -0.135. The molecule has 0 aliphatic carbocycles. The standard InChI is InChI=1S/C21H24N2O4/c1-5-14-9-6-7-12-17(14)23-20(26)21(2,3)19(25)22-16-11-8-10-15(13-16)18(24)27-4/h6-13H,5H2,1-4H3,(H,22,25)(H,23,26). The van der Waals surface area contributed by atoms with E-state index in [1.807, 2.05) is 31.2 Å². The molecule has 2 aromatic rings. The molecule has 27 heavy (non-hydrogen) atoms. The molecule has 0 aromatic heterocycles. The van der Waals surface area contributed by atoms with Crippen LogP contribution in [0, 0.1) is 5.41 Å². The van der Waals surface area contributed by atoms with Gasteiger partial charge < -0.3 is 15.4 Å². The van der Waals surface area contributed by atoms with Gasteiger partial charge in [0.1, 0.15) is 5.41 Å². The third kappa shape index (κ3) is 4.73. The number of nitrogens with one attached hydrogen (secondary N) is 2. The van der Waals surface area contributed by atoms with E-state index in [0.717, 1.165) is 12.0 Å². The third-order valence-corrected chi connectivity index (χ3v) is 4.32. The fourth-order valence-corrected chi connectivity index (χ4v) is 2.46. The van der Waals surface area contributed by atoms with Crippen molar-refractivity contribution < 1.29 is 19.1 Å². The lowest BCUT2D eigenvalue weighted by Crippen LogP contribution is -2.41. The molecule has 2 N–H and O–H groups in total. The average molecular weight is 368 g/mol. The van der Waals surface area contributed by atoms with E-state index in [2.05, 4.69) is 15.4 Å². The molecule has 2 amide bonds. The Morgan fingerprint density at radius 3 is 2.30 bits per heavy atom. The van der Waals surface area contributed by atoms with Crippen LogP contribution in [0.3, 0.4) is 0 Å². The van der Waals surface area contributed by atoms with E-state index in [9.17, 15) is 14.4 Å². The number of anilines is 2. The first-order chi connectivity index (χ1) is 12.8. The monoisotopic (exact) mass is 368 g/mol. The van der Waals surface area contributed by atoms with Gasteiger partial charge in [0.2, 0.25) is 11.8 Å². The maximum Gasteiger partial charge on any atom is 0.337 e. The number of benzene rings is 2. The van der Waals surface area contributed by atoms with Crippen LogP contribution in [0.2, 0.25) is 0 Å². The number of para-hydroxylation sites is 1. The summed E-state index contributed by atoms with van der Waals surface area (Å²) in [7, 11) is 1.29. The summed E-state index contributed by atoms with van der Waals surface area (Å²) in [6.45, 7) is 5.10. The van der Waals surface area contributed by atoms with E-state index >= 15 is 0 Å². The third-order valence-electron chi connectivity index (χ3n) is 4.32. The first-order valence-corrected chi connectivity index (χ1v) is 8.68. The van der Waals surface area contributed by atoms with E-state index in [-0.39, 0.29) is 0 Å². The summed E-state index contributed by atoms with van der Waals surface area (Å²) < 4.78 is 4.67. The quantitative estimate of drug-likeness (QED) is 0.602. The summed E-state index contributed by atoms with van der Waals surface area (Å²) >= 11 is 0. The highest BCUT2D eigenvalue weighted by atomic mass is 16.5. The van der Waals surface area contributed by atoms with E-state index in [1.54, 1.807) is 32.0 Å². The molecule has 142 valence electrons. The zero-order chi connectivity index (χ0) is 20.0. The van der Waals surface area contributed by atoms with Crippen molar-refractivity contribution in [3.05, 3.63) is 59.7 Å². The van der Waals surface area contributed by atoms with Crippen molar-refractivity contribution >= 4 is 29.2 Å². The fourth-order valence-electron chi connectivity index (χ4n) is 2.46. The molecule has 2 aromatic carbocycles. The Morgan fingerprint density at radius 1 is 0.963 bits per heavy atom. The molecular formula is C21H24N2O4. The van der Waals surface area contributed by atoms with Crippen LogP contribution >= 0.6 is 0 Å². The van der Waals surface area contributed by atoms with Crippen LogP contribution in [-0.2, 0) is 20.7 Å². The lowest BCUT2D eigenvalue weighted by Gasteiger charge is -2.23. The van der Waals surface area contributed by atoms with Gasteiger partial charge in [-0.1, -0.05) is 31.2 Å². The van der Waals surface area contributed by atoms with E-state index in [0.29, 0.717) is 16.9 Å². The lowest BCUT2D eigenvalue weighted by atomic mass is 9.90. The molecule has 0 atom stereocenters. The Kier molecular flexibility index (Phi) is 6.34. The number of esters is 1. The van der Waals surface area contributed by atoms with Crippen molar-refractivity contribution in [1.82, 2.24) is 0 Å². The van der Waals surface area contributed by atoms with Crippen LogP contribution in [-0.4, -0.2) is 24.9 Å². The maximum atomic E-state index is 12.7. The van der Waals surface area contributed by atoms with Crippen LogP contribution in [0.15, 0.2) is 48.5 Å². The van der Waals surface area contributed by atoms with E-state index < -0.39 is 23.2 Å². The maximum absolute atomic E-state index is 12.7. The summed E-state index contributed by atoms with van der Waals surface area (Å²) in [5, 5.41) is 5.52. The SMILES string of the molecule is CCc1ccccc1NC(=O)C(C)(C)C(=O)Nc1cccc(C(=O)OC)c1. The molecule has 0 aliphatic heterocycles.